The lowest BCUT2D eigenvalue weighted by Crippen LogP contribution is -2.32. The number of nitrogens with zero attached hydrogens (tertiary/aromatic N) is 5. The molecule has 4 heterocycles. The predicted octanol–water partition coefficient (Wildman–Crippen LogP) is 4.48. The van der Waals surface area contributed by atoms with Crippen molar-refractivity contribution in [2.45, 2.75) is 64.5 Å². The molecule has 2 aromatic heterocycles. The highest BCUT2D eigenvalue weighted by atomic mass is 32.1. The van der Waals surface area contributed by atoms with Gasteiger partial charge in [-0.15, -0.1) is 21.5 Å². The minimum Gasteiger partial charge on any atom is -0.328 e. The van der Waals surface area contributed by atoms with E-state index in [9.17, 15) is 9.18 Å². The first-order chi connectivity index (χ1) is 15.1. The van der Waals surface area contributed by atoms with Crippen molar-refractivity contribution in [2.75, 3.05) is 6.54 Å². The van der Waals surface area contributed by atoms with Crippen LogP contribution in [0.25, 0.3) is 0 Å². The monoisotopic (exact) mass is 439 g/mol. The third kappa shape index (κ3) is 4.01. The van der Waals surface area contributed by atoms with Gasteiger partial charge in [-0.25, -0.2) is 9.37 Å². The zero-order chi connectivity index (χ0) is 21.4. The molecule has 5 rings (SSSR count). The van der Waals surface area contributed by atoms with E-state index < -0.39 is 0 Å². The summed E-state index contributed by atoms with van der Waals surface area (Å²) in [6, 6.07) is 6.42. The van der Waals surface area contributed by atoms with E-state index in [2.05, 4.69) is 19.7 Å². The zero-order valence-corrected chi connectivity index (χ0v) is 18.5. The van der Waals surface area contributed by atoms with E-state index in [0.717, 1.165) is 73.1 Å². The number of fused-ring (bicyclic) bond motifs is 1. The lowest BCUT2D eigenvalue weighted by Gasteiger charge is -2.24. The van der Waals surface area contributed by atoms with E-state index in [0.29, 0.717) is 11.3 Å². The van der Waals surface area contributed by atoms with Crippen molar-refractivity contribution in [3.05, 3.63) is 62.9 Å². The second-order valence-electron chi connectivity index (χ2n) is 8.42. The summed E-state index contributed by atoms with van der Waals surface area (Å²) in [6.07, 6.45) is 6.96. The summed E-state index contributed by atoms with van der Waals surface area (Å²) in [7, 11) is 0. The molecule has 162 valence electrons. The van der Waals surface area contributed by atoms with Crippen LogP contribution in [0.4, 0.5) is 4.39 Å². The quantitative estimate of drug-likeness (QED) is 0.601. The Morgan fingerprint density at radius 2 is 1.97 bits per heavy atom. The van der Waals surface area contributed by atoms with Gasteiger partial charge < -0.3 is 9.47 Å². The summed E-state index contributed by atoms with van der Waals surface area (Å²) in [5, 5.41) is 9.83. The van der Waals surface area contributed by atoms with E-state index in [1.165, 1.54) is 29.9 Å². The molecular formula is C23H26FN5OS. The van der Waals surface area contributed by atoms with Crippen molar-refractivity contribution in [1.82, 2.24) is 24.6 Å². The molecule has 2 aliphatic heterocycles. The number of aromatic nitrogens is 4. The topological polar surface area (TPSA) is 63.9 Å². The molecule has 0 N–H and O–H groups in total. The Morgan fingerprint density at radius 1 is 1.13 bits per heavy atom. The fourth-order valence-corrected chi connectivity index (χ4v) is 5.72. The number of amides is 1. The third-order valence-electron chi connectivity index (χ3n) is 6.25. The van der Waals surface area contributed by atoms with E-state index in [4.69, 9.17) is 0 Å². The Hall–Kier alpha value is -2.61. The maximum Gasteiger partial charge on any atom is 0.266 e. The zero-order valence-electron chi connectivity index (χ0n) is 17.7. The van der Waals surface area contributed by atoms with Crippen LogP contribution in [0.15, 0.2) is 24.3 Å². The smallest absolute Gasteiger partial charge is 0.266 e. The fraction of sp³-hybridized carbons (Fsp3) is 0.478. The normalized spacial score (nSPS) is 18.8. The van der Waals surface area contributed by atoms with Crippen molar-refractivity contribution >= 4 is 17.2 Å². The number of aryl methyl sites for hydroxylation is 2. The largest absolute Gasteiger partial charge is 0.328 e. The minimum atomic E-state index is -0.249. The Kier molecular flexibility index (Phi) is 5.56. The molecule has 8 heteroatoms. The van der Waals surface area contributed by atoms with Crippen LogP contribution >= 0.6 is 11.3 Å². The van der Waals surface area contributed by atoms with Crippen molar-refractivity contribution in [3.8, 4) is 0 Å². The molecule has 0 radical (unpaired) electrons. The number of thiazole rings is 1. The molecule has 1 amide bonds. The molecule has 31 heavy (non-hydrogen) atoms. The Bertz CT molecular complexity index is 1090. The van der Waals surface area contributed by atoms with Crippen molar-refractivity contribution < 1.29 is 9.18 Å². The standard InChI is InChI=1S/C23H26FN5OS/c1-15-21(31-20(25-15)14-16-8-10-17(24)11-9-16)23(30)28-13-5-6-18(28)22-27-26-19-7-3-2-4-12-29(19)22/h8-11,18H,2-7,12-14H2,1H3. The van der Waals surface area contributed by atoms with Crippen LogP contribution in [0.3, 0.4) is 0 Å². The average Bonchev–Trinajstić information content (AvgIpc) is 3.44. The van der Waals surface area contributed by atoms with Gasteiger partial charge in [-0.05, 0) is 50.3 Å². The van der Waals surface area contributed by atoms with Crippen LogP contribution in [0.1, 0.15) is 75.7 Å². The summed E-state index contributed by atoms with van der Waals surface area (Å²) in [4.78, 5) is 20.8. The van der Waals surface area contributed by atoms with Gasteiger partial charge in [-0.1, -0.05) is 18.6 Å². The van der Waals surface area contributed by atoms with E-state index in [1.54, 1.807) is 12.1 Å². The van der Waals surface area contributed by atoms with Gasteiger partial charge in [0.15, 0.2) is 5.82 Å². The predicted molar refractivity (Wildman–Crippen MR) is 117 cm³/mol. The minimum absolute atomic E-state index is 0.0195. The number of halogens is 1. The van der Waals surface area contributed by atoms with Crippen molar-refractivity contribution in [2.24, 2.45) is 0 Å². The molecule has 0 spiro atoms. The number of rotatable bonds is 4. The van der Waals surface area contributed by atoms with Crippen LogP contribution in [-0.2, 0) is 19.4 Å². The van der Waals surface area contributed by atoms with Gasteiger partial charge in [-0.2, -0.15) is 0 Å². The lowest BCUT2D eigenvalue weighted by atomic mass is 10.1. The third-order valence-corrected chi connectivity index (χ3v) is 7.40. The maximum absolute atomic E-state index is 13.5. The lowest BCUT2D eigenvalue weighted by molar-refractivity contribution is 0.0731. The number of likely N-dealkylation sites (tertiary alicyclic amines) is 1. The number of carbonyl (C=O) groups excluding carboxylic acids is 1. The number of benzene rings is 1. The number of hydrogen-bond acceptors (Lipinski definition) is 5. The van der Waals surface area contributed by atoms with E-state index >= 15 is 0 Å². The summed E-state index contributed by atoms with van der Waals surface area (Å²) in [6.45, 7) is 3.57. The van der Waals surface area contributed by atoms with Gasteiger partial charge in [0.1, 0.15) is 16.5 Å². The SMILES string of the molecule is Cc1nc(Cc2ccc(F)cc2)sc1C(=O)N1CCCC1c1nnc2n1CCCCC2. The van der Waals surface area contributed by atoms with Crippen molar-refractivity contribution in [3.63, 3.8) is 0 Å². The van der Waals surface area contributed by atoms with Crippen molar-refractivity contribution in [1.29, 1.82) is 0 Å². The molecule has 0 bridgehead atoms. The molecule has 2 aliphatic rings. The van der Waals surface area contributed by atoms with Gasteiger partial charge in [0.25, 0.3) is 5.91 Å². The number of hydrogen-bond donors (Lipinski definition) is 0. The molecule has 1 unspecified atom stereocenters. The van der Waals surface area contributed by atoms with Crippen LogP contribution in [0.2, 0.25) is 0 Å². The maximum atomic E-state index is 13.5. The van der Waals surface area contributed by atoms with Crippen LogP contribution in [0.5, 0.6) is 0 Å². The summed E-state index contributed by atoms with van der Waals surface area (Å²) >= 11 is 1.45. The molecule has 1 fully saturated rings. The molecular weight excluding hydrogens is 413 g/mol. The highest BCUT2D eigenvalue weighted by Crippen LogP contribution is 2.35. The first-order valence-corrected chi connectivity index (χ1v) is 11.9. The Balaban J connectivity index is 1.38. The second kappa shape index (κ2) is 8.49. The summed E-state index contributed by atoms with van der Waals surface area (Å²) < 4.78 is 15.4. The second-order valence-corrected chi connectivity index (χ2v) is 9.50. The summed E-state index contributed by atoms with van der Waals surface area (Å²) in [5.74, 6) is 1.79. The number of carbonyl (C=O) groups is 1. The highest BCUT2D eigenvalue weighted by Gasteiger charge is 2.36. The molecule has 3 aromatic rings. The first-order valence-electron chi connectivity index (χ1n) is 11.0. The van der Waals surface area contributed by atoms with Gasteiger partial charge in [-0.3, -0.25) is 4.79 Å². The van der Waals surface area contributed by atoms with Crippen LogP contribution < -0.4 is 0 Å². The van der Waals surface area contributed by atoms with E-state index in [-0.39, 0.29) is 17.8 Å². The Labute approximate surface area is 185 Å². The Morgan fingerprint density at radius 3 is 2.81 bits per heavy atom. The fourth-order valence-electron chi connectivity index (χ4n) is 4.67. The van der Waals surface area contributed by atoms with E-state index in [1.807, 2.05) is 11.8 Å². The average molecular weight is 440 g/mol. The van der Waals surface area contributed by atoms with Gasteiger partial charge in [0, 0.05) is 25.9 Å². The molecule has 1 aromatic carbocycles. The van der Waals surface area contributed by atoms with Gasteiger partial charge in [0.05, 0.1) is 16.7 Å². The molecule has 6 nitrogen and oxygen atoms in total. The molecule has 1 atom stereocenters. The molecule has 0 saturated carbocycles. The molecule has 1 saturated heterocycles. The van der Waals surface area contributed by atoms with Crippen LogP contribution in [0, 0.1) is 12.7 Å². The van der Waals surface area contributed by atoms with Gasteiger partial charge >= 0.3 is 0 Å². The summed E-state index contributed by atoms with van der Waals surface area (Å²) in [5.41, 5.74) is 1.75. The molecule has 0 aliphatic carbocycles. The van der Waals surface area contributed by atoms with Gasteiger partial charge in [0.2, 0.25) is 0 Å². The van der Waals surface area contributed by atoms with Crippen LogP contribution in [-0.4, -0.2) is 37.1 Å². The first kappa shape index (κ1) is 20.3. The highest BCUT2D eigenvalue weighted by molar-refractivity contribution is 7.13.